The van der Waals surface area contributed by atoms with Gasteiger partial charge in [-0.05, 0) is 42.7 Å². The van der Waals surface area contributed by atoms with Crippen molar-refractivity contribution in [3.8, 4) is 0 Å². The molecule has 2 N–H and O–H groups in total. The van der Waals surface area contributed by atoms with Gasteiger partial charge in [0.05, 0.1) is 18.6 Å². The molecular formula is C24H31N3. The molecule has 1 saturated heterocycles. The second kappa shape index (κ2) is 8.16. The monoisotopic (exact) mass is 361 g/mol. The van der Waals surface area contributed by atoms with Crippen molar-refractivity contribution in [2.24, 2.45) is 16.8 Å². The molecule has 142 valence electrons. The first-order valence-corrected chi connectivity index (χ1v) is 10.4. The molecule has 4 rings (SSSR count). The van der Waals surface area contributed by atoms with E-state index in [1.807, 2.05) is 0 Å². The minimum absolute atomic E-state index is 0.304. The molecule has 3 nitrogen and oxygen atoms in total. The van der Waals surface area contributed by atoms with Crippen molar-refractivity contribution in [1.29, 1.82) is 0 Å². The van der Waals surface area contributed by atoms with Crippen molar-refractivity contribution in [2.75, 3.05) is 0 Å². The summed E-state index contributed by atoms with van der Waals surface area (Å²) < 4.78 is 0. The van der Waals surface area contributed by atoms with Gasteiger partial charge >= 0.3 is 0 Å². The van der Waals surface area contributed by atoms with E-state index >= 15 is 0 Å². The van der Waals surface area contributed by atoms with E-state index in [2.05, 4.69) is 79.1 Å². The van der Waals surface area contributed by atoms with Crippen LogP contribution in [0.4, 0.5) is 0 Å². The molecule has 27 heavy (non-hydrogen) atoms. The van der Waals surface area contributed by atoms with Gasteiger partial charge in [-0.1, -0.05) is 79.9 Å². The summed E-state index contributed by atoms with van der Waals surface area (Å²) in [6.07, 6.45) is 5.32. The molecule has 1 heterocycles. The Kier molecular flexibility index (Phi) is 5.47. The highest BCUT2D eigenvalue weighted by Gasteiger charge is 2.38. The van der Waals surface area contributed by atoms with Gasteiger partial charge < -0.3 is 10.6 Å². The summed E-state index contributed by atoms with van der Waals surface area (Å²) in [5.74, 6) is 2.54. The second-order valence-corrected chi connectivity index (χ2v) is 8.37. The van der Waals surface area contributed by atoms with Gasteiger partial charge in [0, 0.05) is 0 Å². The predicted octanol–water partition coefficient (Wildman–Crippen LogP) is 4.98. The van der Waals surface area contributed by atoms with Crippen LogP contribution in [0.15, 0.2) is 59.6 Å². The topological polar surface area (TPSA) is 36.4 Å². The molecule has 2 fully saturated rings. The molecule has 2 aliphatic rings. The number of nitrogens with one attached hydrogen (secondary N) is 2. The first-order chi connectivity index (χ1) is 13.2. The van der Waals surface area contributed by atoms with Crippen LogP contribution in [0.2, 0.25) is 0 Å². The lowest BCUT2D eigenvalue weighted by molar-refractivity contribution is 0.232. The smallest absolute Gasteiger partial charge is 0.192 e. The number of guanidine groups is 1. The van der Waals surface area contributed by atoms with E-state index in [4.69, 9.17) is 4.99 Å². The lowest BCUT2D eigenvalue weighted by Crippen LogP contribution is -2.37. The predicted molar refractivity (Wildman–Crippen MR) is 113 cm³/mol. The molecule has 0 radical (unpaired) electrons. The van der Waals surface area contributed by atoms with Crippen molar-refractivity contribution in [2.45, 2.75) is 58.2 Å². The molecule has 2 atom stereocenters. The zero-order chi connectivity index (χ0) is 18.6. The Morgan fingerprint density at radius 1 is 0.889 bits per heavy atom. The van der Waals surface area contributed by atoms with Crippen LogP contribution in [0.25, 0.3) is 0 Å². The van der Waals surface area contributed by atoms with Gasteiger partial charge in [-0.3, -0.25) is 0 Å². The van der Waals surface area contributed by atoms with Crippen molar-refractivity contribution >= 4 is 5.96 Å². The summed E-state index contributed by atoms with van der Waals surface area (Å²) >= 11 is 0. The molecule has 0 spiro atoms. The van der Waals surface area contributed by atoms with E-state index < -0.39 is 0 Å². The number of hydrogen-bond acceptors (Lipinski definition) is 1. The fraction of sp³-hybridized carbons (Fsp3) is 0.458. The number of aliphatic imine (C=N–C) groups is 1. The molecule has 1 aliphatic carbocycles. The summed E-state index contributed by atoms with van der Waals surface area (Å²) in [6, 6.07) is 20.2. The Labute approximate surface area is 163 Å². The van der Waals surface area contributed by atoms with E-state index in [-0.39, 0.29) is 0 Å². The standard InChI is InChI=1S/C24H31N3/c1-17-8-12-20(13-9-17)22-23(21-14-10-18(2)11-15-21)27-24(26-22)25-16-19-6-4-3-5-7-19/h3-9,12-13,18,21-23H,10-11,14-16H2,1-2H3,(H2,25,26,27)/t18?,21?,22-,23+/m0/s1. The van der Waals surface area contributed by atoms with Gasteiger partial charge in [-0.15, -0.1) is 0 Å². The highest BCUT2D eigenvalue weighted by molar-refractivity contribution is 5.83. The fourth-order valence-electron chi connectivity index (χ4n) is 4.46. The van der Waals surface area contributed by atoms with Crippen molar-refractivity contribution in [3.63, 3.8) is 0 Å². The molecule has 1 aliphatic heterocycles. The summed E-state index contributed by atoms with van der Waals surface area (Å²) in [5, 5.41) is 7.44. The van der Waals surface area contributed by atoms with Crippen LogP contribution in [-0.2, 0) is 6.54 Å². The van der Waals surface area contributed by atoms with Crippen molar-refractivity contribution in [1.82, 2.24) is 10.6 Å². The Balaban J connectivity index is 1.53. The quantitative estimate of drug-likeness (QED) is 0.806. The Morgan fingerprint density at radius 2 is 1.59 bits per heavy atom. The van der Waals surface area contributed by atoms with Crippen LogP contribution < -0.4 is 10.6 Å². The maximum absolute atomic E-state index is 4.84. The molecule has 2 aromatic carbocycles. The molecule has 0 bridgehead atoms. The minimum atomic E-state index is 0.304. The highest BCUT2D eigenvalue weighted by Crippen LogP contribution is 2.36. The third-order valence-corrected chi connectivity index (χ3v) is 6.22. The van der Waals surface area contributed by atoms with E-state index in [1.165, 1.54) is 42.4 Å². The largest absolute Gasteiger partial charge is 0.351 e. The van der Waals surface area contributed by atoms with Gasteiger partial charge in [-0.25, -0.2) is 4.99 Å². The molecule has 0 amide bonds. The highest BCUT2D eigenvalue weighted by atomic mass is 15.3. The normalized spacial score (nSPS) is 29.3. The first kappa shape index (κ1) is 18.1. The molecular weight excluding hydrogens is 330 g/mol. The maximum Gasteiger partial charge on any atom is 0.192 e. The van der Waals surface area contributed by atoms with Crippen LogP contribution >= 0.6 is 0 Å². The number of nitrogens with zero attached hydrogens (tertiary/aromatic N) is 1. The van der Waals surface area contributed by atoms with Gasteiger partial charge in [0.25, 0.3) is 0 Å². The SMILES string of the molecule is Cc1ccc([C@@H]2NC(=NCc3ccccc3)N[C@@H]2C2CCC(C)CC2)cc1. The molecule has 0 unspecified atom stereocenters. The number of benzene rings is 2. The number of aryl methyl sites for hydroxylation is 1. The molecule has 1 saturated carbocycles. The van der Waals surface area contributed by atoms with Gasteiger partial charge in [-0.2, -0.15) is 0 Å². The summed E-state index contributed by atoms with van der Waals surface area (Å²) in [4.78, 5) is 4.84. The number of hydrogen-bond donors (Lipinski definition) is 2. The van der Waals surface area contributed by atoms with Crippen LogP contribution in [0.1, 0.15) is 55.3 Å². The summed E-state index contributed by atoms with van der Waals surface area (Å²) in [6.45, 7) is 5.25. The average Bonchev–Trinajstić information content (AvgIpc) is 3.13. The molecule has 0 aromatic heterocycles. The van der Waals surface area contributed by atoms with Crippen molar-refractivity contribution in [3.05, 3.63) is 71.3 Å². The van der Waals surface area contributed by atoms with Crippen LogP contribution in [0.3, 0.4) is 0 Å². The van der Waals surface area contributed by atoms with Crippen LogP contribution in [0.5, 0.6) is 0 Å². The Hall–Kier alpha value is -2.29. The third-order valence-electron chi connectivity index (χ3n) is 6.22. The van der Waals surface area contributed by atoms with E-state index in [0.717, 1.165) is 11.9 Å². The average molecular weight is 362 g/mol. The minimum Gasteiger partial charge on any atom is -0.351 e. The van der Waals surface area contributed by atoms with Gasteiger partial charge in [0.2, 0.25) is 0 Å². The lowest BCUT2D eigenvalue weighted by atomic mass is 9.76. The maximum atomic E-state index is 4.84. The Bertz CT molecular complexity index is 758. The summed E-state index contributed by atoms with van der Waals surface area (Å²) in [5.41, 5.74) is 3.92. The number of rotatable bonds is 4. The Morgan fingerprint density at radius 3 is 2.30 bits per heavy atom. The van der Waals surface area contributed by atoms with E-state index in [9.17, 15) is 0 Å². The zero-order valence-electron chi connectivity index (χ0n) is 16.5. The first-order valence-electron chi connectivity index (χ1n) is 10.4. The van der Waals surface area contributed by atoms with E-state index in [0.29, 0.717) is 24.5 Å². The summed E-state index contributed by atoms with van der Waals surface area (Å²) in [7, 11) is 0. The van der Waals surface area contributed by atoms with E-state index in [1.54, 1.807) is 0 Å². The zero-order valence-corrected chi connectivity index (χ0v) is 16.5. The third kappa shape index (κ3) is 4.35. The van der Waals surface area contributed by atoms with Gasteiger partial charge in [0.15, 0.2) is 5.96 Å². The van der Waals surface area contributed by atoms with Gasteiger partial charge in [0.1, 0.15) is 0 Å². The lowest BCUT2D eigenvalue weighted by Gasteiger charge is -2.33. The van der Waals surface area contributed by atoms with Crippen LogP contribution in [-0.4, -0.2) is 12.0 Å². The second-order valence-electron chi connectivity index (χ2n) is 8.37. The van der Waals surface area contributed by atoms with Crippen molar-refractivity contribution < 1.29 is 0 Å². The van der Waals surface area contributed by atoms with Crippen LogP contribution in [0, 0.1) is 18.8 Å². The fourth-order valence-corrected chi connectivity index (χ4v) is 4.46. The molecule has 3 heteroatoms. The molecule has 2 aromatic rings.